The second-order valence-corrected chi connectivity index (χ2v) is 8.82. The van der Waals surface area contributed by atoms with Gasteiger partial charge in [-0.2, -0.15) is 0 Å². The number of carbonyl (C=O) groups is 1. The van der Waals surface area contributed by atoms with Crippen LogP contribution in [-0.4, -0.2) is 45.3 Å². The van der Waals surface area contributed by atoms with Gasteiger partial charge in [0.2, 0.25) is 0 Å². The summed E-state index contributed by atoms with van der Waals surface area (Å²) in [4.78, 5) is 17.3. The van der Waals surface area contributed by atoms with Crippen LogP contribution in [0.3, 0.4) is 0 Å². The number of nitrogens with zero attached hydrogens (tertiary/aromatic N) is 1. The summed E-state index contributed by atoms with van der Waals surface area (Å²) in [5, 5.41) is 6.02. The summed E-state index contributed by atoms with van der Waals surface area (Å²) in [6.45, 7) is 1.04. The second kappa shape index (κ2) is 13.6. The molecule has 2 N–H and O–H groups in total. The van der Waals surface area contributed by atoms with Crippen molar-refractivity contribution in [2.75, 3.05) is 39.7 Å². The van der Waals surface area contributed by atoms with Crippen molar-refractivity contribution in [3.05, 3.63) is 83.8 Å². The molecule has 0 saturated carbocycles. The monoisotopic (exact) mass is 551 g/mol. The number of rotatable bonds is 10. The molecule has 0 atom stereocenters. The Morgan fingerprint density at radius 2 is 1.82 bits per heavy atom. The Balaban J connectivity index is 1.59. The number of carbonyl (C=O) groups excluding carboxylic acids is 1. The first-order chi connectivity index (χ1) is 19.4. The molecule has 40 heavy (non-hydrogen) atoms. The molecular weight excluding hydrogens is 520 g/mol. The molecule has 210 valence electrons. The highest BCUT2D eigenvalue weighted by Gasteiger charge is 2.20. The molecule has 1 aromatic heterocycles. The summed E-state index contributed by atoms with van der Waals surface area (Å²) in [6.07, 6.45) is 11.1. The minimum atomic E-state index is -0.992. The summed E-state index contributed by atoms with van der Waals surface area (Å²) >= 11 is 0. The first-order valence-corrected chi connectivity index (χ1v) is 12.8. The number of hydrogen-bond acceptors (Lipinski definition) is 7. The van der Waals surface area contributed by atoms with Crippen molar-refractivity contribution in [2.24, 2.45) is 0 Å². The lowest BCUT2D eigenvalue weighted by Gasteiger charge is -2.15. The molecule has 0 unspecified atom stereocenters. The van der Waals surface area contributed by atoms with Crippen molar-refractivity contribution < 1.29 is 32.5 Å². The van der Waals surface area contributed by atoms with E-state index in [1.54, 1.807) is 24.3 Å². The van der Waals surface area contributed by atoms with Crippen molar-refractivity contribution in [1.82, 2.24) is 10.3 Å². The van der Waals surface area contributed by atoms with Crippen molar-refractivity contribution >= 4 is 22.5 Å². The van der Waals surface area contributed by atoms with E-state index >= 15 is 8.78 Å². The molecule has 3 aromatic rings. The number of nitrogens with one attached hydrogen (secondary N) is 2. The number of aromatic nitrogens is 1. The van der Waals surface area contributed by atoms with Crippen molar-refractivity contribution in [3.63, 3.8) is 0 Å². The maximum absolute atomic E-state index is 15.1. The minimum Gasteiger partial charge on any atom is -0.496 e. The number of pyridine rings is 1. The first kappa shape index (κ1) is 28.6. The first-order valence-electron chi connectivity index (χ1n) is 12.8. The number of ether oxygens (including phenoxy) is 4. The summed E-state index contributed by atoms with van der Waals surface area (Å²) in [5.74, 6) is -1.74. The fraction of sp³-hybridized carbons (Fsp3) is 0.267. The third kappa shape index (κ3) is 6.76. The average Bonchev–Trinajstić information content (AvgIpc) is 3.06. The molecule has 8 nitrogen and oxygen atoms in total. The zero-order chi connectivity index (χ0) is 28.5. The summed E-state index contributed by atoms with van der Waals surface area (Å²) in [5.41, 5.74) is 0.702. The van der Waals surface area contributed by atoms with Crippen LogP contribution in [0.1, 0.15) is 19.3 Å². The van der Waals surface area contributed by atoms with Crippen molar-refractivity contribution in [1.29, 1.82) is 0 Å². The Labute approximate surface area is 231 Å². The molecule has 0 spiro atoms. The van der Waals surface area contributed by atoms with Gasteiger partial charge in [0.25, 0.3) is 5.91 Å². The molecule has 0 radical (unpaired) electrons. The van der Waals surface area contributed by atoms with Gasteiger partial charge < -0.3 is 29.6 Å². The highest BCUT2D eigenvalue weighted by molar-refractivity contribution is 6.06. The van der Waals surface area contributed by atoms with Gasteiger partial charge in [0.15, 0.2) is 28.9 Å². The molecule has 4 rings (SSSR count). The van der Waals surface area contributed by atoms with Crippen LogP contribution < -0.4 is 24.8 Å². The Bertz CT molecular complexity index is 1450. The predicted molar refractivity (Wildman–Crippen MR) is 149 cm³/mol. The van der Waals surface area contributed by atoms with E-state index in [4.69, 9.17) is 18.9 Å². The van der Waals surface area contributed by atoms with Crippen LogP contribution in [0.25, 0.3) is 10.9 Å². The second-order valence-electron chi connectivity index (χ2n) is 8.82. The van der Waals surface area contributed by atoms with E-state index in [0.717, 1.165) is 25.0 Å². The van der Waals surface area contributed by atoms with Crippen LogP contribution in [0.15, 0.2) is 72.2 Å². The SMILES string of the molecule is CNCCOc1cc2nccc(Oc3c(F)cc(NC(=O)C4=CCCC/C=C/C=C4OC)cc3F)c2cc1OC. The maximum Gasteiger partial charge on any atom is 0.259 e. The fourth-order valence-electron chi connectivity index (χ4n) is 4.10. The Hall–Kier alpha value is -4.44. The summed E-state index contributed by atoms with van der Waals surface area (Å²) in [7, 11) is 4.76. The number of likely N-dealkylation sites (N-methyl/N-ethyl adjacent to an activating group) is 1. The normalized spacial score (nSPS) is 14.2. The van der Waals surface area contributed by atoms with Gasteiger partial charge in [-0.05, 0) is 44.5 Å². The number of fused-ring (bicyclic) bond motifs is 1. The molecule has 2 aromatic carbocycles. The maximum atomic E-state index is 15.1. The van der Waals surface area contributed by atoms with Gasteiger partial charge >= 0.3 is 0 Å². The van der Waals surface area contributed by atoms with E-state index in [9.17, 15) is 4.79 Å². The molecule has 1 aliphatic rings. The Morgan fingerprint density at radius 3 is 2.55 bits per heavy atom. The zero-order valence-corrected chi connectivity index (χ0v) is 22.6. The molecule has 0 aliphatic heterocycles. The molecule has 10 heteroatoms. The number of halogens is 2. The van der Waals surface area contributed by atoms with Crippen LogP contribution in [0.2, 0.25) is 0 Å². The topological polar surface area (TPSA) is 90.9 Å². The van der Waals surface area contributed by atoms with Gasteiger partial charge in [0.1, 0.15) is 18.1 Å². The fourth-order valence-corrected chi connectivity index (χ4v) is 4.10. The van der Waals surface area contributed by atoms with Gasteiger partial charge in [-0.25, -0.2) is 8.78 Å². The van der Waals surface area contributed by atoms with E-state index in [1.807, 2.05) is 19.2 Å². The van der Waals surface area contributed by atoms with Gasteiger partial charge in [0, 0.05) is 42.0 Å². The van der Waals surface area contributed by atoms with Gasteiger partial charge in [0.05, 0.1) is 25.3 Å². The van der Waals surface area contributed by atoms with Gasteiger partial charge in [-0.1, -0.05) is 18.2 Å². The van der Waals surface area contributed by atoms with Crippen molar-refractivity contribution in [3.8, 4) is 23.0 Å². The summed E-state index contributed by atoms with van der Waals surface area (Å²) < 4.78 is 52.5. The molecule has 0 saturated heterocycles. The van der Waals surface area contributed by atoms with E-state index in [2.05, 4.69) is 15.6 Å². The Morgan fingerprint density at radius 1 is 1.02 bits per heavy atom. The third-order valence-electron chi connectivity index (χ3n) is 6.10. The molecule has 1 amide bonds. The zero-order valence-electron chi connectivity index (χ0n) is 22.6. The molecule has 1 heterocycles. The molecule has 0 fully saturated rings. The van der Waals surface area contributed by atoms with E-state index in [1.165, 1.54) is 26.5 Å². The quantitative estimate of drug-likeness (QED) is 0.297. The van der Waals surface area contributed by atoms with Crippen LogP contribution in [0.5, 0.6) is 23.0 Å². The number of methoxy groups -OCH3 is 2. The third-order valence-corrected chi connectivity index (χ3v) is 6.10. The van der Waals surface area contributed by atoms with E-state index < -0.39 is 23.3 Å². The standard InChI is InChI=1S/C30H31F2N3O5/c1-33-13-14-39-28-18-24-21(17-27(28)38-3)26(11-12-34-24)40-29-22(31)15-19(16-23(29)32)35-30(36)20-9-7-5-4-6-8-10-25(20)37-2/h6,8-12,15-18,33H,4-5,7,13-14H2,1-3H3,(H,35,36)/b8-6+,20-9?,25-10?. The van der Waals surface area contributed by atoms with Crippen LogP contribution in [0, 0.1) is 11.6 Å². The number of hydrogen-bond donors (Lipinski definition) is 2. The predicted octanol–water partition coefficient (Wildman–Crippen LogP) is 6.05. The number of benzene rings is 2. The average molecular weight is 552 g/mol. The lowest BCUT2D eigenvalue weighted by Crippen LogP contribution is -2.17. The van der Waals surface area contributed by atoms with Crippen molar-refractivity contribution in [2.45, 2.75) is 19.3 Å². The van der Waals surface area contributed by atoms with Crippen LogP contribution in [0.4, 0.5) is 14.5 Å². The van der Waals surface area contributed by atoms with Gasteiger partial charge in [-0.3, -0.25) is 9.78 Å². The molecular formula is C30H31F2N3O5. The van der Waals surface area contributed by atoms with E-state index in [0.29, 0.717) is 47.7 Å². The highest BCUT2D eigenvalue weighted by Crippen LogP contribution is 2.38. The highest BCUT2D eigenvalue weighted by atomic mass is 19.1. The number of amides is 1. The van der Waals surface area contributed by atoms with Gasteiger partial charge in [-0.15, -0.1) is 0 Å². The van der Waals surface area contributed by atoms with Crippen LogP contribution in [-0.2, 0) is 9.53 Å². The van der Waals surface area contributed by atoms with E-state index in [-0.39, 0.29) is 17.0 Å². The number of anilines is 1. The lowest BCUT2D eigenvalue weighted by molar-refractivity contribution is -0.112. The van der Waals surface area contributed by atoms with Crippen LogP contribution >= 0.6 is 0 Å². The molecule has 1 aliphatic carbocycles. The Kier molecular flexibility index (Phi) is 9.69. The summed E-state index contributed by atoms with van der Waals surface area (Å²) in [6, 6.07) is 6.80. The number of allylic oxidation sites excluding steroid dienone is 4. The minimum absolute atomic E-state index is 0.0660. The lowest BCUT2D eigenvalue weighted by atomic mass is 10.1. The smallest absolute Gasteiger partial charge is 0.259 e. The molecule has 0 bridgehead atoms. The largest absolute Gasteiger partial charge is 0.496 e.